The van der Waals surface area contributed by atoms with Gasteiger partial charge in [-0.15, -0.1) is 0 Å². The predicted octanol–water partition coefficient (Wildman–Crippen LogP) is 1.82. The molecule has 0 saturated carbocycles. The number of hydrogen-bond donors (Lipinski definition) is 1. The number of nitro benzene ring substituents is 1. The molecular formula is C14H20N2O5. The number of carbonyl (C=O) groups is 1. The Balaban J connectivity index is 2.77. The summed E-state index contributed by atoms with van der Waals surface area (Å²) in [5.74, 6) is -0.0150. The molecule has 0 radical (unpaired) electrons. The molecule has 1 N–H and O–H groups in total. The fourth-order valence-corrected chi connectivity index (χ4v) is 1.73. The highest BCUT2D eigenvalue weighted by atomic mass is 16.6. The fourth-order valence-electron chi connectivity index (χ4n) is 1.73. The van der Waals surface area contributed by atoms with Crippen LogP contribution in [-0.4, -0.2) is 36.7 Å². The van der Waals surface area contributed by atoms with Crippen LogP contribution >= 0.6 is 0 Å². The van der Waals surface area contributed by atoms with E-state index in [0.29, 0.717) is 12.3 Å². The van der Waals surface area contributed by atoms with Crippen molar-refractivity contribution in [2.45, 2.75) is 26.8 Å². The molecule has 21 heavy (non-hydrogen) atoms. The lowest BCUT2D eigenvalue weighted by atomic mass is 10.2. The van der Waals surface area contributed by atoms with E-state index in [1.807, 2.05) is 6.92 Å². The van der Waals surface area contributed by atoms with E-state index in [1.54, 1.807) is 19.9 Å². The molecule has 116 valence electrons. The molecule has 0 heterocycles. The Hall–Kier alpha value is -2.15. The van der Waals surface area contributed by atoms with Gasteiger partial charge in [-0.3, -0.25) is 14.9 Å². The summed E-state index contributed by atoms with van der Waals surface area (Å²) in [6, 6.07) is 3.77. The van der Waals surface area contributed by atoms with E-state index in [9.17, 15) is 14.9 Å². The van der Waals surface area contributed by atoms with Gasteiger partial charge in [-0.05, 0) is 32.0 Å². The number of hydrogen-bond acceptors (Lipinski definition) is 6. The van der Waals surface area contributed by atoms with Crippen molar-refractivity contribution < 1.29 is 19.2 Å². The summed E-state index contributed by atoms with van der Waals surface area (Å²) in [6.45, 7) is 6.30. The zero-order chi connectivity index (χ0) is 15.8. The standard InChI is InChI=1S/C14H20N2O5/c1-4-15-12(14(17)20-5-2)9-21-13-8-11(16(18)19)7-6-10(13)3/h6-8,12,15H,4-5,9H2,1-3H3. The number of non-ortho nitro benzene ring substituents is 1. The van der Waals surface area contributed by atoms with Crippen LogP contribution in [0.15, 0.2) is 18.2 Å². The van der Waals surface area contributed by atoms with E-state index >= 15 is 0 Å². The molecule has 7 heteroatoms. The van der Waals surface area contributed by atoms with E-state index in [1.165, 1.54) is 12.1 Å². The van der Waals surface area contributed by atoms with Crippen LogP contribution < -0.4 is 10.1 Å². The number of esters is 1. The van der Waals surface area contributed by atoms with Crippen molar-refractivity contribution in [3.63, 3.8) is 0 Å². The van der Waals surface area contributed by atoms with Crippen LogP contribution in [0.25, 0.3) is 0 Å². The van der Waals surface area contributed by atoms with Gasteiger partial charge in [0, 0.05) is 6.07 Å². The van der Waals surface area contributed by atoms with E-state index in [2.05, 4.69) is 5.32 Å². The SMILES string of the molecule is CCNC(COc1cc([N+](=O)[O-])ccc1C)C(=O)OCC. The Morgan fingerprint density at radius 3 is 2.71 bits per heavy atom. The maximum absolute atomic E-state index is 11.7. The van der Waals surface area contributed by atoms with E-state index in [4.69, 9.17) is 9.47 Å². The number of carbonyl (C=O) groups excluding carboxylic acids is 1. The van der Waals surface area contributed by atoms with Gasteiger partial charge in [-0.2, -0.15) is 0 Å². The number of nitro groups is 1. The zero-order valence-electron chi connectivity index (χ0n) is 12.4. The number of likely N-dealkylation sites (N-methyl/N-ethyl adjacent to an activating group) is 1. The van der Waals surface area contributed by atoms with Gasteiger partial charge in [0.1, 0.15) is 18.4 Å². The van der Waals surface area contributed by atoms with Gasteiger partial charge in [0.25, 0.3) is 5.69 Å². The van der Waals surface area contributed by atoms with Crippen molar-refractivity contribution in [2.24, 2.45) is 0 Å². The summed E-state index contributed by atoms with van der Waals surface area (Å²) in [5, 5.41) is 13.7. The average molecular weight is 296 g/mol. The minimum absolute atomic E-state index is 0.0493. The first-order valence-corrected chi connectivity index (χ1v) is 6.77. The van der Waals surface area contributed by atoms with Gasteiger partial charge >= 0.3 is 5.97 Å². The first-order chi connectivity index (χ1) is 9.99. The maximum atomic E-state index is 11.7. The van der Waals surface area contributed by atoms with Gasteiger partial charge in [0.2, 0.25) is 0 Å². The fraction of sp³-hybridized carbons (Fsp3) is 0.500. The lowest BCUT2D eigenvalue weighted by molar-refractivity contribution is -0.384. The van der Waals surface area contributed by atoms with E-state index in [-0.39, 0.29) is 18.9 Å². The number of nitrogens with zero attached hydrogens (tertiary/aromatic N) is 1. The number of rotatable bonds is 8. The topological polar surface area (TPSA) is 90.7 Å². The van der Waals surface area contributed by atoms with Crippen LogP contribution in [0.2, 0.25) is 0 Å². The van der Waals surface area contributed by atoms with E-state index in [0.717, 1.165) is 5.56 Å². The minimum atomic E-state index is -0.603. The van der Waals surface area contributed by atoms with E-state index < -0.39 is 16.9 Å². The zero-order valence-corrected chi connectivity index (χ0v) is 12.4. The van der Waals surface area contributed by atoms with Crippen LogP contribution in [0.3, 0.4) is 0 Å². The van der Waals surface area contributed by atoms with Crippen molar-refractivity contribution in [1.29, 1.82) is 0 Å². The summed E-state index contributed by atoms with van der Waals surface area (Å²) in [5.41, 5.74) is 0.714. The van der Waals surface area contributed by atoms with Crippen LogP contribution in [0.5, 0.6) is 5.75 Å². The van der Waals surface area contributed by atoms with Crippen LogP contribution in [0, 0.1) is 17.0 Å². The van der Waals surface area contributed by atoms with Crippen molar-refractivity contribution in [2.75, 3.05) is 19.8 Å². The number of ether oxygens (including phenoxy) is 2. The van der Waals surface area contributed by atoms with Gasteiger partial charge in [0.05, 0.1) is 17.6 Å². The normalized spacial score (nSPS) is 11.8. The predicted molar refractivity (Wildman–Crippen MR) is 77.4 cm³/mol. The molecule has 0 spiro atoms. The molecule has 0 bridgehead atoms. The van der Waals surface area contributed by atoms with Gasteiger partial charge in [-0.25, -0.2) is 0 Å². The first kappa shape index (κ1) is 16.9. The Labute approximate surface area is 123 Å². The molecule has 7 nitrogen and oxygen atoms in total. The highest BCUT2D eigenvalue weighted by molar-refractivity contribution is 5.76. The molecule has 1 atom stereocenters. The second-order valence-electron chi connectivity index (χ2n) is 4.38. The summed E-state index contributed by atoms with van der Waals surface area (Å²) < 4.78 is 10.5. The summed E-state index contributed by atoms with van der Waals surface area (Å²) in [7, 11) is 0. The molecule has 0 amide bonds. The number of nitrogens with one attached hydrogen (secondary N) is 1. The third-order valence-electron chi connectivity index (χ3n) is 2.81. The molecular weight excluding hydrogens is 276 g/mol. The third-order valence-corrected chi connectivity index (χ3v) is 2.81. The lowest BCUT2D eigenvalue weighted by Crippen LogP contribution is -2.42. The number of aryl methyl sites for hydroxylation is 1. The highest BCUT2D eigenvalue weighted by Gasteiger charge is 2.20. The third kappa shape index (κ3) is 5.03. The second-order valence-corrected chi connectivity index (χ2v) is 4.38. The molecule has 1 aromatic rings. The van der Waals surface area contributed by atoms with Crippen molar-refractivity contribution in [1.82, 2.24) is 5.32 Å². The highest BCUT2D eigenvalue weighted by Crippen LogP contribution is 2.24. The summed E-state index contributed by atoms with van der Waals surface area (Å²) in [4.78, 5) is 22.0. The van der Waals surface area contributed by atoms with Gasteiger partial charge < -0.3 is 14.8 Å². The molecule has 0 aromatic heterocycles. The Morgan fingerprint density at radius 2 is 2.14 bits per heavy atom. The smallest absolute Gasteiger partial charge is 0.326 e. The molecule has 1 rings (SSSR count). The molecule has 0 aliphatic rings. The lowest BCUT2D eigenvalue weighted by Gasteiger charge is -2.17. The summed E-state index contributed by atoms with van der Waals surface area (Å²) >= 11 is 0. The quantitative estimate of drug-likeness (QED) is 0.447. The Kier molecular flexibility index (Phi) is 6.61. The maximum Gasteiger partial charge on any atom is 0.326 e. The molecule has 1 unspecified atom stereocenters. The molecule has 0 aliphatic carbocycles. The van der Waals surface area contributed by atoms with Crippen LogP contribution in [0.4, 0.5) is 5.69 Å². The Bertz CT molecular complexity index is 504. The molecule has 0 saturated heterocycles. The summed E-state index contributed by atoms with van der Waals surface area (Å²) in [6.07, 6.45) is 0. The monoisotopic (exact) mass is 296 g/mol. The average Bonchev–Trinajstić information content (AvgIpc) is 2.44. The largest absolute Gasteiger partial charge is 0.491 e. The van der Waals surface area contributed by atoms with Crippen molar-refractivity contribution in [3.05, 3.63) is 33.9 Å². The molecule has 0 fully saturated rings. The van der Waals surface area contributed by atoms with Crippen molar-refractivity contribution >= 4 is 11.7 Å². The molecule has 1 aromatic carbocycles. The molecule has 0 aliphatic heterocycles. The van der Waals surface area contributed by atoms with Gasteiger partial charge in [-0.1, -0.05) is 6.92 Å². The van der Waals surface area contributed by atoms with Crippen molar-refractivity contribution in [3.8, 4) is 5.75 Å². The minimum Gasteiger partial charge on any atom is -0.491 e. The van der Waals surface area contributed by atoms with Crippen LogP contribution in [-0.2, 0) is 9.53 Å². The second kappa shape index (κ2) is 8.21. The number of benzene rings is 1. The Morgan fingerprint density at radius 1 is 1.43 bits per heavy atom. The van der Waals surface area contributed by atoms with Gasteiger partial charge in [0.15, 0.2) is 0 Å². The van der Waals surface area contributed by atoms with Crippen LogP contribution in [0.1, 0.15) is 19.4 Å². The first-order valence-electron chi connectivity index (χ1n) is 6.77.